The van der Waals surface area contributed by atoms with E-state index in [-0.39, 0.29) is 24.0 Å². The summed E-state index contributed by atoms with van der Waals surface area (Å²) in [6.45, 7) is 0. The summed E-state index contributed by atoms with van der Waals surface area (Å²) >= 11 is 0. The molecule has 4 nitrogen and oxygen atoms in total. The Morgan fingerprint density at radius 2 is 1.91 bits per heavy atom. The van der Waals surface area contributed by atoms with Gasteiger partial charge in [0.05, 0.1) is 17.8 Å². The van der Waals surface area contributed by atoms with Gasteiger partial charge < -0.3 is 10.4 Å². The van der Waals surface area contributed by atoms with Crippen molar-refractivity contribution in [1.29, 1.82) is 0 Å². The number of hydrogen-bond acceptors (Lipinski definition) is 3. The zero-order valence-electron chi connectivity index (χ0n) is 13.1. The third kappa shape index (κ3) is 3.67. The van der Waals surface area contributed by atoms with Crippen LogP contribution in [0.3, 0.4) is 0 Å². The van der Waals surface area contributed by atoms with Gasteiger partial charge in [-0.2, -0.15) is 0 Å². The van der Waals surface area contributed by atoms with E-state index in [9.17, 15) is 9.90 Å². The number of rotatable bonds is 4. The first-order valence-corrected chi connectivity index (χ1v) is 8.63. The van der Waals surface area contributed by atoms with Crippen molar-refractivity contribution < 1.29 is 9.90 Å². The number of nitrogens with zero attached hydrogens (tertiary/aromatic N) is 1. The van der Waals surface area contributed by atoms with Crippen molar-refractivity contribution in [2.75, 3.05) is 0 Å². The molecule has 0 aromatic carbocycles. The van der Waals surface area contributed by atoms with E-state index >= 15 is 0 Å². The Hall–Kier alpha value is -1.42. The van der Waals surface area contributed by atoms with Gasteiger partial charge in [0.1, 0.15) is 0 Å². The van der Waals surface area contributed by atoms with Crippen molar-refractivity contribution in [2.45, 2.75) is 63.5 Å². The molecule has 1 aromatic rings. The highest BCUT2D eigenvalue weighted by Gasteiger charge is 2.37. The summed E-state index contributed by atoms with van der Waals surface area (Å²) in [7, 11) is 0. The molecular formula is C18H26N2O2. The molecule has 1 heterocycles. The largest absolute Gasteiger partial charge is 0.393 e. The molecule has 0 bridgehead atoms. The molecule has 4 heteroatoms. The summed E-state index contributed by atoms with van der Waals surface area (Å²) in [6, 6.07) is 5.77. The molecule has 0 saturated heterocycles. The molecule has 1 aromatic heterocycles. The fourth-order valence-corrected chi connectivity index (χ4v) is 3.71. The molecule has 2 aliphatic rings. The number of carbonyl (C=O) groups excluding carboxylic acids is 1. The van der Waals surface area contributed by atoms with Crippen LogP contribution in [0.5, 0.6) is 0 Å². The minimum atomic E-state index is -0.217. The van der Waals surface area contributed by atoms with Gasteiger partial charge in [-0.3, -0.25) is 9.78 Å². The number of aromatic nitrogens is 1. The van der Waals surface area contributed by atoms with Gasteiger partial charge in [-0.1, -0.05) is 31.7 Å². The van der Waals surface area contributed by atoms with Crippen molar-refractivity contribution in [1.82, 2.24) is 10.3 Å². The summed E-state index contributed by atoms with van der Waals surface area (Å²) in [6.07, 6.45) is 9.91. The van der Waals surface area contributed by atoms with E-state index in [4.69, 9.17) is 0 Å². The Balaban J connectivity index is 1.68. The van der Waals surface area contributed by atoms with Crippen LogP contribution < -0.4 is 5.32 Å². The van der Waals surface area contributed by atoms with Gasteiger partial charge in [0.25, 0.3) is 0 Å². The van der Waals surface area contributed by atoms with Crippen LogP contribution >= 0.6 is 0 Å². The molecule has 0 radical (unpaired) electrons. The SMILES string of the molecule is O=C(NC(c1ccccn1)C1CC(O)C1)C1CCCCCC1. The maximum absolute atomic E-state index is 12.7. The number of carbonyl (C=O) groups is 1. The third-order valence-electron chi connectivity index (χ3n) is 5.15. The lowest BCUT2D eigenvalue weighted by Crippen LogP contribution is -2.43. The molecule has 1 amide bonds. The summed E-state index contributed by atoms with van der Waals surface area (Å²) in [5.41, 5.74) is 0.918. The average Bonchev–Trinajstić information content (AvgIpc) is 2.80. The predicted octanol–water partition coefficient (Wildman–Crippen LogP) is 2.98. The molecule has 1 atom stereocenters. The highest BCUT2D eigenvalue weighted by atomic mass is 16.3. The van der Waals surface area contributed by atoms with Crippen molar-refractivity contribution in [2.24, 2.45) is 11.8 Å². The van der Waals surface area contributed by atoms with Crippen LogP contribution in [0.4, 0.5) is 0 Å². The normalized spacial score (nSPS) is 27.5. The van der Waals surface area contributed by atoms with Crippen LogP contribution in [0.15, 0.2) is 24.4 Å². The molecule has 1 unspecified atom stereocenters. The summed E-state index contributed by atoms with van der Waals surface area (Å²) in [5, 5.41) is 12.8. The maximum atomic E-state index is 12.7. The van der Waals surface area contributed by atoms with Crippen LogP contribution in [0, 0.1) is 11.8 Å². The Morgan fingerprint density at radius 3 is 2.50 bits per heavy atom. The van der Waals surface area contributed by atoms with Gasteiger partial charge >= 0.3 is 0 Å². The van der Waals surface area contributed by atoms with E-state index in [0.717, 1.165) is 44.2 Å². The Bertz CT molecular complexity index is 477. The monoisotopic (exact) mass is 302 g/mol. The van der Waals surface area contributed by atoms with Gasteiger partial charge in [0, 0.05) is 12.1 Å². The molecule has 3 rings (SSSR count). The number of aliphatic hydroxyl groups excluding tert-OH is 1. The Labute approximate surface area is 132 Å². The van der Waals surface area contributed by atoms with Crippen LogP contribution in [-0.4, -0.2) is 22.1 Å². The molecule has 120 valence electrons. The van der Waals surface area contributed by atoms with Crippen LogP contribution in [0.2, 0.25) is 0 Å². The van der Waals surface area contributed by atoms with Gasteiger partial charge in [-0.05, 0) is 43.7 Å². The lowest BCUT2D eigenvalue weighted by molar-refractivity contribution is -0.127. The fourth-order valence-electron chi connectivity index (χ4n) is 3.71. The minimum absolute atomic E-state index is 0.0552. The van der Waals surface area contributed by atoms with Gasteiger partial charge in [-0.25, -0.2) is 0 Å². The molecule has 0 spiro atoms. The van der Waals surface area contributed by atoms with Crippen molar-refractivity contribution in [3.63, 3.8) is 0 Å². The number of hydrogen-bond donors (Lipinski definition) is 2. The molecule has 2 aliphatic carbocycles. The molecule has 2 N–H and O–H groups in total. The van der Waals surface area contributed by atoms with E-state index in [1.807, 2.05) is 18.2 Å². The number of pyridine rings is 1. The number of amides is 1. The summed E-state index contributed by atoms with van der Waals surface area (Å²) in [5.74, 6) is 0.636. The van der Waals surface area contributed by atoms with Gasteiger partial charge in [0.15, 0.2) is 0 Å². The van der Waals surface area contributed by atoms with Gasteiger partial charge in [0.2, 0.25) is 5.91 Å². The summed E-state index contributed by atoms with van der Waals surface area (Å²) in [4.78, 5) is 17.1. The quantitative estimate of drug-likeness (QED) is 0.841. The second-order valence-electron chi connectivity index (χ2n) is 6.81. The van der Waals surface area contributed by atoms with Crippen LogP contribution in [0.1, 0.15) is 63.1 Å². The second-order valence-corrected chi connectivity index (χ2v) is 6.81. The highest BCUT2D eigenvalue weighted by Crippen LogP contribution is 2.38. The first-order valence-electron chi connectivity index (χ1n) is 8.63. The first kappa shape index (κ1) is 15.5. The number of nitrogens with one attached hydrogen (secondary N) is 1. The fraction of sp³-hybridized carbons (Fsp3) is 0.667. The van der Waals surface area contributed by atoms with E-state index in [2.05, 4.69) is 10.3 Å². The third-order valence-corrected chi connectivity index (χ3v) is 5.15. The average molecular weight is 302 g/mol. The van der Waals surface area contributed by atoms with Crippen LogP contribution in [0.25, 0.3) is 0 Å². The van der Waals surface area contributed by atoms with E-state index < -0.39 is 0 Å². The Kier molecular flexibility index (Phi) is 5.08. The standard InChI is InChI=1S/C18H26N2O2/c21-15-11-14(12-15)17(16-9-5-6-10-19-16)20-18(22)13-7-3-1-2-4-8-13/h5-6,9-10,13-15,17,21H,1-4,7-8,11-12H2,(H,20,22). The second kappa shape index (κ2) is 7.23. The predicted molar refractivity (Wildman–Crippen MR) is 85.0 cm³/mol. The molecule has 22 heavy (non-hydrogen) atoms. The maximum Gasteiger partial charge on any atom is 0.223 e. The van der Waals surface area contributed by atoms with Gasteiger partial charge in [-0.15, -0.1) is 0 Å². The molecular weight excluding hydrogens is 276 g/mol. The minimum Gasteiger partial charge on any atom is -0.393 e. The highest BCUT2D eigenvalue weighted by molar-refractivity contribution is 5.79. The number of aliphatic hydroxyl groups is 1. The van der Waals surface area contributed by atoms with Crippen molar-refractivity contribution in [3.8, 4) is 0 Å². The smallest absolute Gasteiger partial charge is 0.223 e. The van der Waals surface area contributed by atoms with E-state index in [0.29, 0.717) is 5.92 Å². The Morgan fingerprint density at radius 1 is 1.18 bits per heavy atom. The van der Waals surface area contributed by atoms with Crippen molar-refractivity contribution in [3.05, 3.63) is 30.1 Å². The van der Waals surface area contributed by atoms with Crippen LogP contribution in [-0.2, 0) is 4.79 Å². The molecule has 2 saturated carbocycles. The van der Waals surface area contributed by atoms with E-state index in [1.54, 1.807) is 6.20 Å². The summed E-state index contributed by atoms with van der Waals surface area (Å²) < 4.78 is 0. The zero-order chi connectivity index (χ0) is 15.4. The molecule has 0 aliphatic heterocycles. The molecule has 2 fully saturated rings. The van der Waals surface area contributed by atoms with Crippen molar-refractivity contribution >= 4 is 5.91 Å². The lowest BCUT2D eigenvalue weighted by Gasteiger charge is -2.38. The first-order chi connectivity index (χ1) is 10.7. The topological polar surface area (TPSA) is 62.2 Å². The van der Waals surface area contributed by atoms with E-state index in [1.165, 1.54) is 12.8 Å². The zero-order valence-corrected chi connectivity index (χ0v) is 13.1. The lowest BCUT2D eigenvalue weighted by atomic mass is 9.76.